The van der Waals surface area contributed by atoms with E-state index in [-0.39, 0.29) is 4.99 Å². The van der Waals surface area contributed by atoms with E-state index < -0.39 is 0 Å². The Hall–Kier alpha value is -0.840. The molecule has 0 amide bonds. The molecule has 2 N–H and O–H groups in total. The molecule has 18 heavy (non-hydrogen) atoms. The van der Waals surface area contributed by atoms with Crippen molar-refractivity contribution in [1.29, 1.82) is 0 Å². The molecule has 0 spiro atoms. The molecule has 0 bridgehead atoms. The lowest BCUT2D eigenvalue weighted by Gasteiger charge is -2.22. The molecule has 1 heterocycles. The predicted octanol–water partition coefficient (Wildman–Crippen LogP) is 2.78. The van der Waals surface area contributed by atoms with Crippen LogP contribution in [0.15, 0.2) is 18.2 Å². The molecule has 0 aromatic heterocycles. The zero-order valence-electron chi connectivity index (χ0n) is 10.0. The average molecular weight is 286 g/mol. The van der Waals surface area contributed by atoms with E-state index in [0.717, 1.165) is 26.1 Å². The zero-order chi connectivity index (χ0) is 13.0. The van der Waals surface area contributed by atoms with E-state index in [9.17, 15) is 0 Å². The summed E-state index contributed by atoms with van der Waals surface area (Å²) in [5.41, 5.74) is 6.30. The SMILES string of the molecule is NC(=S)c1c(Cl)cccc1OCC1CCOCC1. The van der Waals surface area contributed by atoms with Gasteiger partial charge in [-0.15, -0.1) is 0 Å². The molecule has 3 nitrogen and oxygen atoms in total. The van der Waals surface area contributed by atoms with Crippen molar-refractivity contribution in [2.45, 2.75) is 12.8 Å². The Labute approximate surface area is 117 Å². The topological polar surface area (TPSA) is 44.5 Å². The van der Waals surface area contributed by atoms with Gasteiger partial charge in [0.25, 0.3) is 0 Å². The van der Waals surface area contributed by atoms with E-state index in [2.05, 4.69) is 0 Å². The van der Waals surface area contributed by atoms with Gasteiger partial charge in [0, 0.05) is 13.2 Å². The van der Waals surface area contributed by atoms with Crippen molar-refractivity contribution in [2.24, 2.45) is 11.7 Å². The third kappa shape index (κ3) is 3.34. The Morgan fingerprint density at radius 3 is 2.83 bits per heavy atom. The van der Waals surface area contributed by atoms with E-state index in [1.165, 1.54) is 0 Å². The van der Waals surface area contributed by atoms with Gasteiger partial charge in [-0.2, -0.15) is 0 Å². The zero-order valence-corrected chi connectivity index (χ0v) is 11.6. The fourth-order valence-electron chi connectivity index (χ4n) is 1.98. The van der Waals surface area contributed by atoms with Crippen LogP contribution in [0.3, 0.4) is 0 Å². The number of nitrogens with two attached hydrogens (primary N) is 1. The fraction of sp³-hybridized carbons (Fsp3) is 0.462. The molecule has 2 rings (SSSR count). The monoisotopic (exact) mass is 285 g/mol. The minimum atomic E-state index is 0.266. The van der Waals surface area contributed by atoms with Crippen LogP contribution in [0.25, 0.3) is 0 Å². The van der Waals surface area contributed by atoms with Crippen LogP contribution < -0.4 is 10.5 Å². The molecule has 1 aliphatic rings. The first-order chi connectivity index (χ1) is 8.68. The van der Waals surface area contributed by atoms with Crippen LogP contribution in [-0.4, -0.2) is 24.8 Å². The van der Waals surface area contributed by atoms with E-state index in [4.69, 9.17) is 39.0 Å². The summed E-state index contributed by atoms with van der Waals surface area (Å²) in [6, 6.07) is 5.44. The molecule has 1 aromatic rings. The normalized spacial score (nSPS) is 16.5. The number of ether oxygens (including phenoxy) is 2. The van der Waals surface area contributed by atoms with Crippen molar-refractivity contribution in [1.82, 2.24) is 0 Å². The number of halogens is 1. The van der Waals surface area contributed by atoms with Crippen molar-refractivity contribution in [2.75, 3.05) is 19.8 Å². The largest absolute Gasteiger partial charge is 0.493 e. The lowest BCUT2D eigenvalue weighted by Crippen LogP contribution is -2.22. The lowest BCUT2D eigenvalue weighted by atomic mass is 10.0. The lowest BCUT2D eigenvalue weighted by molar-refractivity contribution is 0.0497. The van der Waals surface area contributed by atoms with Gasteiger partial charge in [-0.05, 0) is 30.9 Å². The molecule has 98 valence electrons. The van der Waals surface area contributed by atoms with Gasteiger partial charge < -0.3 is 15.2 Å². The first-order valence-electron chi connectivity index (χ1n) is 5.97. The highest BCUT2D eigenvalue weighted by Gasteiger charge is 2.16. The van der Waals surface area contributed by atoms with Crippen LogP contribution in [0, 0.1) is 5.92 Å². The molecular weight excluding hydrogens is 270 g/mol. The maximum Gasteiger partial charge on any atom is 0.130 e. The van der Waals surface area contributed by atoms with E-state index in [1.54, 1.807) is 6.07 Å². The molecule has 1 saturated heterocycles. The first kappa shape index (κ1) is 13.6. The van der Waals surface area contributed by atoms with Gasteiger partial charge in [0.2, 0.25) is 0 Å². The molecule has 0 atom stereocenters. The number of thiocarbonyl (C=S) groups is 1. The van der Waals surface area contributed by atoms with Crippen molar-refractivity contribution in [3.05, 3.63) is 28.8 Å². The standard InChI is InChI=1S/C13H16ClNO2S/c14-10-2-1-3-11(12(10)13(15)18)17-8-9-4-6-16-7-5-9/h1-3,9H,4-8H2,(H2,15,18). The van der Waals surface area contributed by atoms with Gasteiger partial charge in [0.05, 0.1) is 17.2 Å². The molecule has 0 saturated carbocycles. The van der Waals surface area contributed by atoms with Gasteiger partial charge in [-0.25, -0.2) is 0 Å². The first-order valence-corrected chi connectivity index (χ1v) is 6.76. The van der Waals surface area contributed by atoms with Gasteiger partial charge in [-0.3, -0.25) is 0 Å². The van der Waals surface area contributed by atoms with Crippen molar-refractivity contribution in [3.63, 3.8) is 0 Å². The van der Waals surface area contributed by atoms with E-state index >= 15 is 0 Å². The highest BCUT2D eigenvalue weighted by Crippen LogP contribution is 2.27. The minimum Gasteiger partial charge on any atom is -0.493 e. The summed E-state index contributed by atoms with van der Waals surface area (Å²) in [7, 11) is 0. The van der Waals surface area contributed by atoms with Crippen molar-refractivity contribution < 1.29 is 9.47 Å². The van der Waals surface area contributed by atoms with Crippen molar-refractivity contribution in [3.8, 4) is 5.75 Å². The van der Waals surface area contributed by atoms with Gasteiger partial charge in [-0.1, -0.05) is 29.9 Å². The Morgan fingerprint density at radius 1 is 1.44 bits per heavy atom. The van der Waals surface area contributed by atoms with Gasteiger partial charge >= 0.3 is 0 Å². The molecule has 1 fully saturated rings. The van der Waals surface area contributed by atoms with Crippen LogP contribution in [0.2, 0.25) is 5.02 Å². The summed E-state index contributed by atoms with van der Waals surface area (Å²) in [5, 5.41) is 0.534. The maximum absolute atomic E-state index is 6.08. The van der Waals surface area contributed by atoms with Gasteiger partial charge in [0.15, 0.2) is 0 Å². The Morgan fingerprint density at radius 2 is 2.17 bits per heavy atom. The smallest absolute Gasteiger partial charge is 0.130 e. The molecule has 1 aromatic carbocycles. The Kier molecular flexibility index (Phi) is 4.80. The van der Waals surface area contributed by atoms with Crippen LogP contribution in [-0.2, 0) is 4.74 Å². The highest BCUT2D eigenvalue weighted by atomic mass is 35.5. The van der Waals surface area contributed by atoms with Crippen molar-refractivity contribution >= 4 is 28.8 Å². The second-order valence-corrected chi connectivity index (χ2v) is 5.19. The number of benzene rings is 1. The summed E-state index contributed by atoms with van der Waals surface area (Å²) in [6.45, 7) is 2.27. The summed E-state index contributed by atoms with van der Waals surface area (Å²) >= 11 is 11.1. The molecule has 0 radical (unpaired) electrons. The third-order valence-corrected chi connectivity index (χ3v) is 3.56. The summed E-state index contributed by atoms with van der Waals surface area (Å²) < 4.78 is 11.1. The second kappa shape index (κ2) is 6.36. The molecule has 1 aliphatic heterocycles. The Bertz CT molecular complexity index is 433. The predicted molar refractivity (Wildman–Crippen MR) is 76.4 cm³/mol. The van der Waals surface area contributed by atoms with Crippen LogP contribution >= 0.6 is 23.8 Å². The average Bonchev–Trinajstić information content (AvgIpc) is 2.37. The molecular formula is C13H16ClNO2S. The number of hydrogen-bond acceptors (Lipinski definition) is 3. The summed E-state index contributed by atoms with van der Waals surface area (Å²) in [5.74, 6) is 1.19. The fourth-order valence-corrected chi connectivity index (χ4v) is 2.52. The Balaban J connectivity index is 2.04. The maximum atomic E-state index is 6.08. The van der Waals surface area contributed by atoms with Crippen LogP contribution in [0.1, 0.15) is 18.4 Å². The summed E-state index contributed by atoms with van der Waals surface area (Å²) in [6.07, 6.45) is 2.06. The molecule has 0 aliphatic carbocycles. The van der Waals surface area contributed by atoms with E-state index in [0.29, 0.717) is 28.9 Å². The quantitative estimate of drug-likeness (QED) is 0.864. The summed E-state index contributed by atoms with van der Waals surface area (Å²) in [4.78, 5) is 0.266. The molecule has 0 unspecified atom stereocenters. The van der Waals surface area contributed by atoms with Gasteiger partial charge in [0.1, 0.15) is 10.7 Å². The van der Waals surface area contributed by atoms with Crippen LogP contribution in [0.4, 0.5) is 0 Å². The molecule has 5 heteroatoms. The third-order valence-electron chi connectivity index (χ3n) is 3.04. The van der Waals surface area contributed by atoms with E-state index in [1.807, 2.05) is 12.1 Å². The number of rotatable bonds is 4. The minimum absolute atomic E-state index is 0.266. The highest BCUT2D eigenvalue weighted by molar-refractivity contribution is 7.80. The second-order valence-electron chi connectivity index (χ2n) is 4.34. The number of hydrogen-bond donors (Lipinski definition) is 1. The van der Waals surface area contributed by atoms with Crippen LogP contribution in [0.5, 0.6) is 5.75 Å².